The van der Waals surface area contributed by atoms with Crippen molar-refractivity contribution >= 4 is 16.9 Å². The van der Waals surface area contributed by atoms with E-state index in [4.69, 9.17) is 5.11 Å². The van der Waals surface area contributed by atoms with E-state index in [-0.39, 0.29) is 5.92 Å². The van der Waals surface area contributed by atoms with Gasteiger partial charge in [0.1, 0.15) is 0 Å². The number of benzene rings is 1. The average molecular weight is 203 g/mol. The van der Waals surface area contributed by atoms with Gasteiger partial charge < -0.3 is 9.67 Å². The van der Waals surface area contributed by atoms with Crippen molar-refractivity contribution in [2.75, 3.05) is 0 Å². The molecule has 78 valence electrons. The van der Waals surface area contributed by atoms with Crippen molar-refractivity contribution in [3.8, 4) is 0 Å². The summed E-state index contributed by atoms with van der Waals surface area (Å²) in [7, 11) is 0. The van der Waals surface area contributed by atoms with Crippen molar-refractivity contribution < 1.29 is 9.90 Å². The summed E-state index contributed by atoms with van der Waals surface area (Å²) in [5.41, 5.74) is 1.09. The van der Waals surface area contributed by atoms with Crippen LogP contribution in [-0.2, 0) is 11.3 Å². The number of hydrogen-bond donors (Lipinski definition) is 1. The number of carboxylic acids is 1. The first-order valence-corrected chi connectivity index (χ1v) is 4.95. The smallest absolute Gasteiger partial charge is 0.308 e. The average Bonchev–Trinajstić information content (AvgIpc) is 2.62. The Balaban J connectivity index is 2.32. The van der Waals surface area contributed by atoms with Gasteiger partial charge in [0.2, 0.25) is 0 Å². The lowest BCUT2D eigenvalue weighted by Crippen LogP contribution is -2.15. The Labute approximate surface area is 87.9 Å². The number of carboxylic acid groups (broad SMARTS) is 1. The van der Waals surface area contributed by atoms with Gasteiger partial charge in [-0.2, -0.15) is 0 Å². The highest BCUT2D eigenvalue weighted by Gasteiger charge is 2.12. The fourth-order valence-electron chi connectivity index (χ4n) is 1.67. The molecule has 3 heteroatoms. The van der Waals surface area contributed by atoms with Crippen LogP contribution in [0.25, 0.3) is 10.9 Å². The second-order valence-electron chi connectivity index (χ2n) is 3.77. The van der Waals surface area contributed by atoms with Gasteiger partial charge in [0.25, 0.3) is 0 Å². The molecule has 0 spiro atoms. The van der Waals surface area contributed by atoms with E-state index in [1.807, 2.05) is 41.1 Å². The van der Waals surface area contributed by atoms with Crippen LogP contribution in [-0.4, -0.2) is 15.6 Å². The lowest BCUT2D eigenvalue weighted by Gasteiger charge is -2.08. The highest BCUT2D eigenvalue weighted by molar-refractivity contribution is 5.80. The summed E-state index contributed by atoms with van der Waals surface area (Å²) in [6, 6.07) is 9.97. The summed E-state index contributed by atoms with van der Waals surface area (Å²) < 4.78 is 1.98. The Bertz CT molecular complexity index is 487. The maximum absolute atomic E-state index is 10.7. The summed E-state index contributed by atoms with van der Waals surface area (Å²) in [6.45, 7) is 2.24. The van der Waals surface area contributed by atoms with Crippen molar-refractivity contribution in [1.29, 1.82) is 0 Å². The first-order valence-electron chi connectivity index (χ1n) is 4.95. The third-order valence-corrected chi connectivity index (χ3v) is 2.57. The van der Waals surface area contributed by atoms with E-state index < -0.39 is 5.97 Å². The van der Waals surface area contributed by atoms with Gasteiger partial charge in [-0.1, -0.05) is 25.1 Å². The molecule has 15 heavy (non-hydrogen) atoms. The molecule has 0 radical (unpaired) electrons. The van der Waals surface area contributed by atoms with Crippen LogP contribution in [0.2, 0.25) is 0 Å². The molecule has 0 aliphatic rings. The molecule has 3 nitrogen and oxygen atoms in total. The molecule has 0 bridgehead atoms. The number of carbonyl (C=O) groups is 1. The van der Waals surface area contributed by atoms with Crippen LogP contribution < -0.4 is 0 Å². The third-order valence-electron chi connectivity index (χ3n) is 2.57. The number of aliphatic carboxylic acids is 1. The van der Waals surface area contributed by atoms with E-state index in [1.165, 1.54) is 0 Å². The van der Waals surface area contributed by atoms with E-state index in [9.17, 15) is 4.79 Å². The summed E-state index contributed by atoms with van der Waals surface area (Å²) in [5.74, 6) is -1.12. The zero-order valence-electron chi connectivity index (χ0n) is 8.55. The molecule has 1 heterocycles. The number of aromatic nitrogens is 1. The molecular formula is C12H13NO2. The quantitative estimate of drug-likeness (QED) is 0.832. The monoisotopic (exact) mass is 203 g/mol. The maximum Gasteiger partial charge on any atom is 0.308 e. The van der Waals surface area contributed by atoms with Gasteiger partial charge in [-0.25, -0.2) is 0 Å². The molecular weight excluding hydrogens is 190 g/mol. The topological polar surface area (TPSA) is 42.2 Å². The molecule has 0 unspecified atom stereocenters. The van der Waals surface area contributed by atoms with Gasteiger partial charge in [-0.05, 0) is 17.5 Å². The van der Waals surface area contributed by atoms with Gasteiger partial charge in [0.15, 0.2) is 0 Å². The van der Waals surface area contributed by atoms with Crippen LogP contribution in [0, 0.1) is 5.92 Å². The number of hydrogen-bond acceptors (Lipinski definition) is 1. The van der Waals surface area contributed by atoms with E-state index in [2.05, 4.69) is 0 Å². The Kier molecular flexibility index (Phi) is 2.46. The molecule has 0 aliphatic carbocycles. The summed E-state index contributed by atoms with van der Waals surface area (Å²) in [4.78, 5) is 10.7. The van der Waals surface area contributed by atoms with Gasteiger partial charge in [0, 0.05) is 18.3 Å². The number of para-hydroxylation sites is 1. The lowest BCUT2D eigenvalue weighted by atomic mass is 10.2. The van der Waals surface area contributed by atoms with Crippen LogP contribution in [0.3, 0.4) is 0 Å². The fraction of sp³-hybridized carbons (Fsp3) is 0.250. The third kappa shape index (κ3) is 1.86. The van der Waals surface area contributed by atoms with E-state index in [0.29, 0.717) is 6.54 Å². The zero-order chi connectivity index (χ0) is 10.8. The predicted molar refractivity (Wildman–Crippen MR) is 58.7 cm³/mol. The van der Waals surface area contributed by atoms with E-state index >= 15 is 0 Å². The number of nitrogens with zero attached hydrogens (tertiary/aromatic N) is 1. The normalized spacial score (nSPS) is 12.9. The fourth-order valence-corrected chi connectivity index (χ4v) is 1.67. The van der Waals surface area contributed by atoms with Crippen LogP contribution in [0.4, 0.5) is 0 Å². The van der Waals surface area contributed by atoms with Gasteiger partial charge in [-0.15, -0.1) is 0 Å². The molecule has 0 saturated heterocycles. The predicted octanol–water partition coefficient (Wildman–Crippen LogP) is 2.36. The molecule has 0 saturated carbocycles. The first kappa shape index (κ1) is 9.77. The Morgan fingerprint density at radius 3 is 2.87 bits per heavy atom. The minimum Gasteiger partial charge on any atom is -0.481 e. The van der Waals surface area contributed by atoms with Crippen molar-refractivity contribution in [3.05, 3.63) is 36.5 Å². The Hall–Kier alpha value is -1.77. The minimum atomic E-state index is -0.757. The number of rotatable bonds is 3. The summed E-state index contributed by atoms with van der Waals surface area (Å²) in [5, 5.41) is 9.99. The highest BCUT2D eigenvalue weighted by atomic mass is 16.4. The second kappa shape index (κ2) is 3.77. The van der Waals surface area contributed by atoms with Crippen LogP contribution in [0.5, 0.6) is 0 Å². The standard InChI is InChI=1S/C12H13NO2/c1-9(12(14)15)8-13-7-6-10-4-2-3-5-11(10)13/h2-7,9H,8H2,1H3,(H,14,15)/t9-/m0/s1. The molecule has 1 atom stereocenters. The molecule has 0 amide bonds. The lowest BCUT2D eigenvalue weighted by molar-refractivity contribution is -0.141. The largest absolute Gasteiger partial charge is 0.481 e. The minimum absolute atomic E-state index is 0.360. The summed E-state index contributed by atoms with van der Waals surface area (Å²) >= 11 is 0. The second-order valence-corrected chi connectivity index (χ2v) is 3.77. The molecule has 0 aliphatic heterocycles. The van der Waals surface area contributed by atoms with Gasteiger partial charge in [-0.3, -0.25) is 4.79 Å². The Morgan fingerprint density at radius 1 is 1.40 bits per heavy atom. The van der Waals surface area contributed by atoms with Crippen molar-refractivity contribution in [2.24, 2.45) is 5.92 Å². The van der Waals surface area contributed by atoms with Gasteiger partial charge >= 0.3 is 5.97 Å². The molecule has 1 aromatic carbocycles. The first-order chi connectivity index (χ1) is 7.18. The van der Waals surface area contributed by atoms with Crippen LogP contribution >= 0.6 is 0 Å². The molecule has 2 rings (SSSR count). The molecule has 0 fully saturated rings. The molecule has 1 aromatic heterocycles. The SMILES string of the molecule is C[C@@H](Cn1ccc2ccccc21)C(=O)O. The van der Waals surface area contributed by atoms with Gasteiger partial charge in [0.05, 0.1) is 5.92 Å². The van der Waals surface area contributed by atoms with E-state index in [0.717, 1.165) is 10.9 Å². The van der Waals surface area contributed by atoms with Crippen molar-refractivity contribution in [2.45, 2.75) is 13.5 Å². The van der Waals surface area contributed by atoms with E-state index in [1.54, 1.807) is 6.92 Å². The highest BCUT2D eigenvalue weighted by Crippen LogP contribution is 2.16. The molecule has 1 N–H and O–H groups in total. The molecule has 2 aromatic rings. The van der Waals surface area contributed by atoms with Crippen molar-refractivity contribution in [3.63, 3.8) is 0 Å². The maximum atomic E-state index is 10.7. The van der Waals surface area contributed by atoms with Crippen LogP contribution in [0.1, 0.15) is 6.92 Å². The summed E-state index contributed by atoms with van der Waals surface area (Å²) in [6.07, 6.45) is 1.93. The zero-order valence-corrected chi connectivity index (χ0v) is 8.55. The van der Waals surface area contributed by atoms with Crippen LogP contribution in [0.15, 0.2) is 36.5 Å². The van der Waals surface area contributed by atoms with Crippen molar-refractivity contribution in [1.82, 2.24) is 4.57 Å². The Morgan fingerprint density at radius 2 is 2.13 bits per heavy atom. The number of fused-ring (bicyclic) bond motifs is 1.